The van der Waals surface area contributed by atoms with Crippen LogP contribution in [-0.2, 0) is 13.2 Å². The highest BCUT2D eigenvalue weighted by atomic mass is 16.5. The van der Waals surface area contributed by atoms with Crippen LogP contribution in [-0.4, -0.2) is 34.2 Å². The molecular formula is C21H24N2O2. The van der Waals surface area contributed by atoms with Crippen LogP contribution in [0.4, 0.5) is 0 Å². The lowest BCUT2D eigenvalue weighted by molar-refractivity contribution is 0.154. The molecule has 0 spiro atoms. The summed E-state index contributed by atoms with van der Waals surface area (Å²) in [5, 5.41) is 10.7. The van der Waals surface area contributed by atoms with E-state index in [4.69, 9.17) is 4.74 Å². The third-order valence-electron chi connectivity index (χ3n) is 5.07. The van der Waals surface area contributed by atoms with E-state index in [0.29, 0.717) is 6.61 Å². The molecule has 2 N–H and O–H groups in total. The Morgan fingerprint density at radius 1 is 1.12 bits per heavy atom. The average molecular weight is 336 g/mol. The van der Waals surface area contributed by atoms with E-state index in [1.807, 2.05) is 30.3 Å². The number of fused-ring (bicyclic) bond motifs is 1. The zero-order valence-electron chi connectivity index (χ0n) is 14.3. The summed E-state index contributed by atoms with van der Waals surface area (Å²) in [5.74, 6) is 0.914. The summed E-state index contributed by atoms with van der Waals surface area (Å²) in [6.07, 6.45) is 4.31. The molecule has 0 aliphatic carbocycles. The maximum absolute atomic E-state index is 9.57. The number of H-pyrrole nitrogens is 1. The first-order valence-corrected chi connectivity index (χ1v) is 8.96. The largest absolute Gasteiger partial charge is 0.488 e. The van der Waals surface area contributed by atoms with Crippen molar-refractivity contribution < 1.29 is 9.84 Å². The van der Waals surface area contributed by atoms with Crippen LogP contribution in [0.25, 0.3) is 10.9 Å². The van der Waals surface area contributed by atoms with Gasteiger partial charge in [0.2, 0.25) is 0 Å². The van der Waals surface area contributed by atoms with Gasteiger partial charge in [0.25, 0.3) is 0 Å². The quantitative estimate of drug-likeness (QED) is 0.721. The number of ether oxygens (including phenoxy) is 1. The maximum Gasteiger partial charge on any atom is 0.129 e. The molecular weight excluding hydrogens is 312 g/mol. The number of benzene rings is 2. The molecule has 2 aromatic carbocycles. The van der Waals surface area contributed by atoms with Crippen LogP contribution < -0.4 is 4.74 Å². The zero-order chi connectivity index (χ0) is 17.1. The van der Waals surface area contributed by atoms with Gasteiger partial charge in [-0.05, 0) is 42.6 Å². The van der Waals surface area contributed by atoms with E-state index >= 15 is 0 Å². The van der Waals surface area contributed by atoms with Crippen LogP contribution >= 0.6 is 0 Å². The second kappa shape index (κ2) is 7.30. The van der Waals surface area contributed by atoms with Crippen molar-refractivity contribution in [3.63, 3.8) is 0 Å². The Labute approximate surface area is 148 Å². The van der Waals surface area contributed by atoms with Crippen LogP contribution in [0.15, 0.2) is 54.7 Å². The van der Waals surface area contributed by atoms with Crippen LogP contribution in [0, 0.1) is 0 Å². The van der Waals surface area contributed by atoms with Gasteiger partial charge in [0.1, 0.15) is 12.4 Å². The van der Waals surface area contributed by atoms with Gasteiger partial charge in [0.15, 0.2) is 0 Å². The summed E-state index contributed by atoms with van der Waals surface area (Å²) in [7, 11) is 0. The number of nitrogens with one attached hydrogen (secondary N) is 1. The van der Waals surface area contributed by atoms with Gasteiger partial charge in [-0.1, -0.05) is 36.4 Å². The predicted molar refractivity (Wildman–Crippen MR) is 99.6 cm³/mol. The van der Waals surface area contributed by atoms with Crippen molar-refractivity contribution >= 4 is 10.9 Å². The summed E-state index contributed by atoms with van der Waals surface area (Å²) < 4.78 is 6.13. The highest BCUT2D eigenvalue weighted by Crippen LogP contribution is 2.31. The molecule has 1 saturated heterocycles. The number of likely N-dealkylation sites (tertiary alicyclic amines) is 1. The van der Waals surface area contributed by atoms with Gasteiger partial charge in [-0.25, -0.2) is 0 Å². The highest BCUT2D eigenvalue weighted by Gasteiger charge is 2.24. The number of aromatic nitrogens is 1. The van der Waals surface area contributed by atoms with Crippen LogP contribution in [0.1, 0.15) is 24.0 Å². The summed E-state index contributed by atoms with van der Waals surface area (Å²) in [4.78, 5) is 5.74. The molecule has 0 bridgehead atoms. The van der Waals surface area contributed by atoms with E-state index in [2.05, 4.69) is 34.3 Å². The number of aliphatic hydroxyl groups excluding tert-OH is 1. The third kappa shape index (κ3) is 3.41. The number of aliphatic hydroxyl groups is 1. The Kier molecular flexibility index (Phi) is 4.72. The van der Waals surface area contributed by atoms with Crippen molar-refractivity contribution in [1.29, 1.82) is 0 Å². The van der Waals surface area contributed by atoms with Gasteiger partial charge in [-0.3, -0.25) is 4.90 Å². The molecule has 4 rings (SSSR count). The molecule has 4 nitrogen and oxygen atoms in total. The van der Waals surface area contributed by atoms with Crippen LogP contribution in [0.5, 0.6) is 5.75 Å². The SMILES string of the molecule is OC[C@H]1CCCN1Cc1c[nH]c2cccc(OCc3ccccc3)c12. The molecule has 130 valence electrons. The van der Waals surface area contributed by atoms with E-state index in [1.165, 1.54) is 5.56 Å². The first kappa shape index (κ1) is 16.2. The molecule has 0 saturated carbocycles. The minimum atomic E-state index is 0.236. The molecule has 0 unspecified atom stereocenters. The molecule has 0 amide bonds. The van der Waals surface area contributed by atoms with Gasteiger partial charge >= 0.3 is 0 Å². The fourth-order valence-electron chi connectivity index (χ4n) is 3.73. The van der Waals surface area contributed by atoms with E-state index in [-0.39, 0.29) is 12.6 Å². The summed E-state index contributed by atoms with van der Waals surface area (Å²) in [5.41, 5.74) is 3.50. The van der Waals surface area contributed by atoms with E-state index in [0.717, 1.165) is 48.1 Å². The standard InChI is InChI=1S/C21H24N2O2/c24-14-18-8-5-11-23(18)13-17-12-22-19-9-4-10-20(21(17)19)25-15-16-6-2-1-3-7-16/h1-4,6-7,9-10,12,18,22,24H,5,8,11,13-15H2/t18-/m1/s1. The smallest absolute Gasteiger partial charge is 0.129 e. The Morgan fingerprint density at radius 2 is 2.00 bits per heavy atom. The second-order valence-corrected chi connectivity index (χ2v) is 6.72. The van der Waals surface area contributed by atoms with E-state index < -0.39 is 0 Å². The Morgan fingerprint density at radius 3 is 2.84 bits per heavy atom. The van der Waals surface area contributed by atoms with Gasteiger partial charge in [0, 0.05) is 29.7 Å². The highest BCUT2D eigenvalue weighted by molar-refractivity contribution is 5.89. The first-order valence-electron chi connectivity index (χ1n) is 8.96. The fourth-order valence-corrected chi connectivity index (χ4v) is 3.73. The molecule has 25 heavy (non-hydrogen) atoms. The van der Waals surface area contributed by atoms with Gasteiger partial charge in [-0.2, -0.15) is 0 Å². The van der Waals surface area contributed by atoms with Crippen molar-refractivity contribution in [2.45, 2.75) is 32.0 Å². The maximum atomic E-state index is 9.57. The fraction of sp³-hybridized carbons (Fsp3) is 0.333. The molecule has 1 atom stereocenters. The Bertz CT molecular complexity index is 828. The topological polar surface area (TPSA) is 48.5 Å². The van der Waals surface area contributed by atoms with Crippen LogP contribution in [0.2, 0.25) is 0 Å². The van der Waals surface area contributed by atoms with Crippen molar-refractivity contribution in [2.75, 3.05) is 13.2 Å². The van der Waals surface area contributed by atoms with Crippen molar-refractivity contribution in [3.05, 3.63) is 65.9 Å². The molecule has 3 aromatic rings. The Hall–Kier alpha value is -2.30. The lowest BCUT2D eigenvalue weighted by Crippen LogP contribution is -2.31. The zero-order valence-corrected chi connectivity index (χ0v) is 14.3. The lowest BCUT2D eigenvalue weighted by Gasteiger charge is -2.22. The van der Waals surface area contributed by atoms with Crippen LogP contribution in [0.3, 0.4) is 0 Å². The van der Waals surface area contributed by atoms with Gasteiger partial charge < -0.3 is 14.8 Å². The van der Waals surface area contributed by atoms with Crippen molar-refractivity contribution in [2.24, 2.45) is 0 Å². The summed E-state index contributed by atoms with van der Waals surface area (Å²) >= 11 is 0. The number of hydrogen-bond donors (Lipinski definition) is 2. The molecule has 1 aliphatic rings. The van der Waals surface area contributed by atoms with Crippen molar-refractivity contribution in [3.8, 4) is 5.75 Å². The summed E-state index contributed by atoms with van der Waals surface area (Å²) in [6, 6.07) is 16.7. The van der Waals surface area contributed by atoms with E-state index in [1.54, 1.807) is 0 Å². The van der Waals surface area contributed by atoms with E-state index in [9.17, 15) is 5.11 Å². The molecule has 1 fully saturated rings. The number of rotatable bonds is 6. The Balaban J connectivity index is 1.58. The van der Waals surface area contributed by atoms with Gasteiger partial charge in [0.05, 0.1) is 6.61 Å². The molecule has 1 aliphatic heterocycles. The number of hydrogen-bond acceptors (Lipinski definition) is 3. The average Bonchev–Trinajstić information content (AvgIpc) is 3.28. The molecule has 2 heterocycles. The minimum Gasteiger partial charge on any atom is -0.488 e. The number of aromatic amines is 1. The summed E-state index contributed by atoms with van der Waals surface area (Å²) in [6.45, 7) is 2.69. The molecule has 0 radical (unpaired) electrons. The minimum absolute atomic E-state index is 0.236. The third-order valence-corrected chi connectivity index (χ3v) is 5.07. The van der Waals surface area contributed by atoms with Gasteiger partial charge in [-0.15, -0.1) is 0 Å². The normalized spacial score (nSPS) is 18.0. The monoisotopic (exact) mass is 336 g/mol. The molecule has 4 heteroatoms. The second-order valence-electron chi connectivity index (χ2n) is 6.72. The first-order chi connectivity index (χ1) is 12.3. The number of nitrogens with zero attached hydrogens (tertiary/aromatic N) is 1. The lowest BCUT2D eigenvalue weighted by atomic mass is 10.1. The predicted octanol–water partition coefficient (Wildman–Crippen LogP) is 3.70. The van der Waals surface area contributed by atoms with Crippen molar-refractivity contribution in [1.82, 2.24) is 9.88 Å². The molecule has 1 aromatic heterocycles.